The van der Waals surface area contributed by atoms with Gasteiger partial charge in [0.2, 0.25) is 0 Å². The minimum absolute atomic E-state index is 0.00832. The third-order valence-electron chi connectivity index (χ3n) is 2.12. The number of benzene rings is 1. The van der Waals surface area contributed by atoms with Crippen molar-refractivity contribution >= 4 is 11.5 Å². The van der Waals surface area contributed by atoms with Crippen molar-refractivity contribution in [2.45, 2.75) is 0 Å². The molecule has 0 unspecified atom stereocenters. The van der Waals surface area contributed by atoms with Crippen LogP contribution in [0.1, 0.15) is 5.69 Å². The number of hydrogen-bond donors (Lipinski definition) is 1. The molecule has 2 aromatic rings. The fourth-order valence-electron chi connectivity index (χ4n) is 1.34. The Bertz CT molecular complexity index is 612. The summed E-state index contributed by atoms with van der Waals surface area (Å²) in [6.07, 6.45) is 0. The predicted octanol–water partition coefficient (Wildman–Crippen LogP) is 3.11. The first kappa shape index (κ1) is 11.9. The third kappa shape index (κ3) is 2.40. The van der Waals surface area contributed by atoms with Crippen molar-refractivity contribution in [1.29, 1.82) is 5.26 Å². The topological polar surface area (TPSA) is 48.7 Å². The lowest BCUT2D eigenvalue weighted by Gasteiger charge is -2.06. The van der Waals surface area contributed by atoms with Crippen LogP contribution in [0.3, 0.4) is 0 Å². The van der Waals surface area contributed by atoms with Gasteiger partial charge in [0.1, 0.15) is 17.6 Å². The zero-order valence-corrected chi connectivity index (χ0v) is 8.92. The number of anilines is 2. The average Bonchev–Trinajstić information content (AvgIpc) is 2.36. The van der Waals surface area contributed by atoms with Crippen LogP contribution in [0.15, 0.2) is 30.3 Å². The van der Waals surface area contributed by atoms with Crippen LogP contribution in [0.5, 0.6) is 0 Å². The number of nitriles is 1. The Morgan fingerprint density at radius 3 is 2.39 bits per heavy atom. The Morgan fingerprint density at radius 2 is 1.78 bits per heavy atom. The van der Waals surface area contributed by atoms with E-state index in [1.54, 1.807) is 6.07 Å². The van der Waals surface area contributed by atoms with Gasteiger partial charge in [0.15, 0.2) is 17.5 Å². The van der Waals surface area contributed by atoms with Crippen LogP contribution in [-0.4, -0.2) is 4.98 Å². The van der Waals surface area contributed by atoms with Crippen molar-refractivity contribution in [3.8, 4) is 6.07 Å². The highest BCUT2D eigenvalue weighted by Crippen LogP contribution is 2.20. The molecule has 0 amide bonds. The third-order valence-corrected chi connectivity index (χ3v) is 2.12. The highest BCUT2D eigenvalue weighted by atomic mass is 19.2. The van der Waals surface area contributed by atoms with Gasteiger partial charge in [0.05, 0.1) is 0 Å². The summed E-state index contributed by atoms with van der Waals surface area (Å²) in [6.45, 7) is 0. The van der Waals surface area contributed by atoms with E-state index in [0.717, 1.165) is 12.1 Å². The molecule has 0 aliphatic rings. The molecule has 6 heteroatoms. The van der Waals surface area contributed by atoms with Gasteiger partial charge in [0, 0.05) is 17.8 Å². The summed E-state index contributed by atoms with van der Waals surface area (Å²) in [5.74, 6) is -3.89. The highest BCUT2D eigenvalue weighted by molar-refractivity contribution is 5.56. The van der Waals surface area contributed by atoms with Crippen molar-refractivity contribution in [2.24, 2.45) is 0 Å². The maximum atomic E-state index is 13.0. The Labute approximate surface area is 101 Å². The van der Waals surface area contributed by atoms with Crippen LogP contribution in [0.25, 0.3) is 0 Å². The zero-order valence-electron chi connectivity index (χ0n) is 8.92. The van der Waals surface area contributed by atoms with E-state index in [1.165, 1.54) is 12.1 Å². The second-order valence-corrected chi connectivity index (χ2v) is 3.40. The van der Waals surface area contributed by atoms with Crippen molar-refractivity contribution in [1.82, 2.24) is 4.98 Å². The second-order valence-electron chi connectivity index (χ2n) is 3.40. The molecule has 18 heavy (non-hydrogen) atoms. The van der Waals surface area contributed by atoms with Gasteiger partial charge in [0.25, 0.3) is 0 Å². The molecular formula is C12H6F3N3. The smallest absolute Gasteiger partial charge is 0.194 e. The first-order valence-corrected chi connectivity index (χ1v) is 4.89. The summed E-state index contributed by atoms with van der Waals surface area (Å²) in [5.41, 5.74) is 0.164. The van der Waals surface area contributed by atoms with E-state index in [1.807, 2.05) is 6.07 Å². The van der Waals surface area contributed by atoms with Crippen molar-refractivity contribution < 1.29 is 13.2 Å². The number of rotatable bonds is 2. The molecule has 0 saturated carbocycles. The van der Waals surface area contributed by atoms with Crippen LogP contribution in [0.2, 0.25) is 0 Å². The van der Waals surface area contributed by atoms with E-state index in [9.17, 15) is 13.2 Å². The summed E-state index contributed by atoms with van der Waals surface area (Å²) in [7, 11) is 0. The van der Waals surface area contributed by atoms with E-state index in [4.69, 9.17) is 5.26 Å². The fourth-order valence-corrected chi connectivity index (χ4v) is 1.34. The van der Waals surface area contributed by atoms with Gasteiger partial charge in [-0.05, 0) is 12.1 Å². The van der Waals surface area contributed by atoms with Crippen molar-refractivity contribution in [3.63, 3.8) is 0 Å². The molecule has 0 aliphatic heterocycles. The normalized spacial score (nSPS) is 9.89. The van der Waals surface area contributed by atoms with E-state index in [2.05, 4.69) is 10.3 Å². The fraction of sp³-hybridized carbons (Fsp3) is 0. The minimum Gasteiger partial charge on any atom is -0.340 e. The zero-order chi connectivity index (χ0) is 13.1. The summed E-state index contributed by atoms with van der Waals surface area (Å²) in [4.78, 5) is 3.86. The Hall–Kier alpha value is -2.55. The van der Waals surface area contributed by atoms with Crippen molar-refractivity contribution in [3.05, 3.63) is 53.5 Å². The molecule has 1 aromatic heterocycles. The molecule has 1 heterocycles. The second kappa shape index (κ2) is 4.75. The Kier molecular flexibility index (Phi) is 3.15. The largest absolute Gasteiger partial charge is 0.340 e. The number of hydrogen-bond acceptors (Lipinski definition) is 3. The monoisotopic (exact) mass is 249 g/mol. The van der Waals surface area contributed by atoms with Crippen molar-refractivity contribution in [2.75, 3.05) is 5.32 Å². The molecule has 1 N–H and O–H groups in total. The van der Waals surface area contributed by atoms with Crippen LogP contribution < -0.4 is 5.32 Å². The van der Waals surface area contributed by atoms with Gasteiger partial charge in [-0.1, -0.05) is 6.07 Å². The van der Waals surface area contributed by atoms with Crippen LogP contribution in [0, 0.1) is 28.8 Å². The number of pyridine rings is 1. The molecule has 0 aliphatic carbocycles. The SMILES string of the molecule is N#Cc1cccc(Nc2cc(F)c(F)c(F)c2)n1. The van der Waals surface area contributed by atoms with Gasteiger partial charge in [-0.2, -0.15) is 5.26 Å². The van der Waals surface area contributed by atoms with Gasteiger partial charge in [-0.25, -0.2) is 18.2 Å². The lowest BCUT2D eigenvalue weighted by atomic mass is 10.2. The van der Waals surface area contributed by atoms with E-state index >= 15 is 0 Å². The van der Waals surface area contributed by atoms with Gasteiger partial charge in [-0.3, -0.25) is 0 Å². The molecule has 0 fully saturated rings. The summed E-state index contributed by atoms with van der Waals surface area (Å²) in [6, 6.07) is 7.99. The average molecular weight is 249 g/mol. The summed E-state index contributed by atoms with van der Waals surface area (Å²) < 4.78 is 38.7. The molecule has 0 bridgehead atoms. The first-order chi connectivity index (χ1) is 8.60. The molecule has 0 spiro atoms. The van der Waals surface area contributed by atoms with E-state index < -0.39 is 17.5 Å². The molecular weight excluding hydrogens is 243 g/mol. The maximum Gasteiger partial charge on any atom is 0.194 e. The van der Waals surface area contributed by atoms with Gasteiger partial charge in [-0.15, -0.1) is 0 Å². The lowest BCUT2D eigenvalue weighted by Crippen LogP contribution is -1.98. The highest BCUT2D eigenvalue weighted by Gasteiger charge is 2.10. The molecule has 0 saturated heterocycles. The quantitative estimate of drug-likeness (QED) is 0.832. The Balaban J connectivity index is 2.32. The minimum atomic E-state index is -1.53. The van der Waals surface area contributed by atoms with Gasteiger partial charge < -0.3 is 5.32 Å². The molecule has 1 aromatic carbocycles. The van der Waals surface area contributed by atoms with Crippen LogP contribution in [-0.2, 0) is 0 Å². The molecule has 0 radical (unpaired) electrons. The predicted molar refractivity (Wildman–Crippen MR) is 58.6 cm³/mol. The Morgan fingerprint density at radius 1 is 1.11 bits per heavy atom. The lowest BCUT2D eigenvalue weighted by molar-refractivity contribution is 0.448. The van der Waals surface area contributed by atoms with Crippen LogP contribution >= 0.6 is 0 Å². The summed E-state index contributed by atoms with van der Waals surface area (Å²) >= 11 is 0. The molecule has 3 nitrogen and oxygen atoms in total. The number of nitrogens with one attached hydrogen (secondary N) is 1. The summed E-state index contributed by atoms with van der Waals surface area (Å²) in [5, 5.41) is 11.2. The number of nitrogens with zero attached hydrogens (tertiary/aromatic N) is 2. The van der Waals surface area contributed by atoms with E-state index in [-0.39, 0.29) is 17.2 Å². The molecule has 2 rings (SSSR count). The molecule has 0 atom stereocenters. The maximum absolute atomic E-state index is 13.0. The van der Waals surface area contributed by atoms with E-state index in [0.29, 0.717) is 0 Å². The van der Waals surface area contributed by atoms with Crippen LogP contribution in [0.4, 0.5) is 24.7 Å². The first-order valence-electron chi connectivity index (χ1n) is 4.89. The van der Waals surface area contributed by atoms with Gasteiger partial charge >= 0.3 is 0 Å². The standard InChI is InChI=1S/C12H6F3N3/c13-9-4-8(5-10(14)12(9)15)18-11-3-1-2-7(6-16)17-11/h1-5H,(H,17,18). The number of aromatic nitrogens is 1. The number of halogens is 3. The molecule has 90 valence electrons.